The lowest BCUT2D eigenvalue weighted by atomic mass is 10.0. The van der Waals surface area contributed by atoms with Crippen molar-refractivity contribution >= 4 is 11.5 Å². The van der Waals surface area contributed by atoms with Crippen molar-refractivity contribution in [1.29, 1.82) is 5.26 Å². The third-order valence-corrected chi connectivity index (χ3v) is 1.96. The van der Waals surface area contributed by atoms with E-state index in [0.717, 1.165) is 12.1 Å². The van der Waals surface area contributed by atoms with Crippen molar-refractivity contribution in [3.05, 3.63) is 39.7 Å². The molecule has 1 rings (SSSR count). The summed E-state index contributed by atoms with van der Waals surface area (Å²) in [4.78, 5) is 21.1. The van der Waals surface area contributed by atoms with Crippen molar-refractivity contribution in [2.45, 2.75) is 6.92 Å². The van der Waals surface area contributed by atoms with Gasteiger partial charge in [0.05, 0.1) is 17.1 Å². The molecule has 5 nitrogen and oxygen atoms in total. The molecule has 1 atom stereocenters. The molecule has 0 radical (unpaired) electrons. The third-order valence-electron chi connectivity index (χ3n) is 1.96. The standard InChI is InChI=1S/C10H7FN2O3/c1-6(5-12)10(14)7-2-8(11)4-9(3-7)13(15)16/h2-4,6H,1H3. The van der Waals surface area contributed by atoms with Gasteiger partial charge in [0.1, 0.15) is 11.7 Å². The Morgan fingerprint density at radius 2 is 2.19 bits per heavy atom. The maximum Gasteiger partial charge on any atom is 0.273 e. The number of hydrogen-bond acceptors (Lipinski definition) is 4. The number of ketones is 1. The molecule has 0 spiro atoms. The molecule has 0 fully saturated rings. The number of nitrogens with zero attached hydrogens (tertiary/aromatic N) is 2. The smallest absolute Gasteiger partial charge is 0.273 e. The lowest BCUT2D eigenvalue weighted by Crippen LogP contribution is -2.09. The van der Waals surface area contributed by atoms with Gasteiger partial charge in [-0.3, -0.25) is 14.9 Å². The fourth-order valence-electron chi connectivity index (χ4n) is 1.13. The predicted octanol–water partition coefficient (Wildman–Crippen LogP) is 2.08. The van der Waals surface area contributed by atoms with Crippen molar-refractivity contribution in [1.82, 2.24) is 0 Å². The molecule has 0 saturated heterocycles. The predicted molar refractivity (Wildman–Crippen MR) is 52.2 cm³/mol. The summed E-state index contributed by atoms with van der Waals surface area (Å²) in [6.07, 6.45) is 0. The monoisotopic (exact) mass is 222 g/mol. The topological polar surface area (TPSA) is 84.0 Å². The number of halogens is 1. The van der Waals surface area contributed by atoms with Crippen LogP contribution in [-0.2, 0) is 0 Å². The van der Waals surface area contributed by atoms with Crippen molar-refractivity contribution in [2.24, 2.45) is 5.92 Å². The molecule has 0 aliphatic rings. The number of non-ortho nitro benzene ring substituents is 1. The molecule has 0 amide bonds. The quantitative estimate of drug-likeness (QED) is 0.445. The molecule has 0 N–H and O–H groups in total. The van der Waals surface area contributed by atoms with Crippen LogP contribution in [0, 0.1) is 33.2 Å². The van der Waals surface area contributed by atoms with Gasteiger partial charge in [0.25, 0.3) is 5.69 Å². The highest BCUT2D eigenvalue weighted by molar-refractivity contribution is 5.99. The minimum absolute atomic E-state index is 0.166. The van der Waals surface area contributed by atoms with E-state index in [0.29, 0.717) is 6.07 Å². The number of rotatable bonds is 3. The molecule has 1 aromatic rings. The zero-order chi connectivity index (χ0) is 12.3. The summed E-state index contributed by atoms with van der Waals surface area (Å²) >= 11 is 0. The van der Waals surface area contributed by atoms with Crippen molar-refractivity contribution in [3.63, 3.8) is 0 Å². The molecule has 82 valence electrons. The highest BCUT2D eigenvalue weighted by atomic mass is 19.1. The van der Waals surface area contributed by atoms with Crippen LogP contribution in [0.3, 0.4) is 0 Å². The Morgan fingerprint density at radius 1 is 1.56 bits per heavy atom. The molecule has 1 unspecified atom stereocenters. The van der Waals surface area contributed by atoms with E-state index in [1.807, 2.05) is 0 Å². The Labute approximate surface area is 90.3 Å². The molecular weight excluding hydrogens is 215 g/mol. The lowest BCUT2D eigenvalue weighted by Gasteiger charge is -2.02. The molecule has 6 heteroatoms. The number of carbonyl (C=O) groups is 1. The average molecular weight is 222 g/mol. The second-order valence-electron chi connectivity index (χ2n) is 3.17. The van der Waals surface area contributed by atoms with E-state index in [1.165, 1.54) is 6.92 Å². The van der Waals surface area contributed by atoms with Gasteiger partial charge in [-0.15, -0.1) is 0 Å². The first kappa shape index (κ1) is 11.8. The Balaban J connectivity index is 3.21. The van der Waals surface area contributed by atoms with Gasteiger partial charge in [0.15, 0.2) is 5.78 Å². The number of nitro benzene ring substituents is 1. The molecule has 0 bridgehead atoms. The maximum absolute atomic E-state index is 13.0. The first-order valence-electron chi connectivity index (χ1n) is 4.34. The molecule has 0 aromatic heterocycles. The average Bonchev–Trinajstić information content (AvgIpc) is 2.26. The van der Waals surface area contributed by atoms with Crippen LogP contribution in [0.25, 0.3) is 0 Å². The Kier molecular flexibility index (Phi) is 3.30. The van der Waals surface area contributed by atoms with Crippen LogP contribution < -0.4 is 0 Å². The zero-order valence-electron chi connectivity index (χ0n) is 8.31. The van der Waals surface area contributed by atoms with Crippen LogP contribution in [0.2, 0.25) is 0 Å². The minimum atomic E-state index is -0.957. The van der Waals surface area contributed by atoms with Crippen molar-refractivity contribution in [3.8, 4) is 6.07 Å². The van der Waals surface area contributed by atoms with Gasteiger partial charge in [0, 0.05) is 11.6 Å². The highest BCUT2D eigenvalue weighted by Gasteiger charge is 2.18. The van der Waals surface area contributed by atoms with E-state index >= 15 is 0 Å². The number of Topliss-reactive ketones (excluding diaryl/α,β-unsaturated/α-hetero) is 1. The number of nitriles is 1. The van der Waals surface area contributed by atoms with Crippen LogP contribution in [0.4, 0.5) is 10.1 Å². The Morgan fingerprint density at radius 3 is 2.69 bits per heavy atom. The summed E-state index contributed by atoms with van der Waals surface area (Å²) in [7, 11) is 0. The molecule has 0 heterocycles. The van der Waals surface area contributed by atoms with Crippen LogP contribution in [-0.4, -0.2) is 10.7 Å². The highest BCUT2D eigenvalue weighted by Crippen LogP contribution is 2.18. The second-order valence-corrected chi connectivity index (χ2v) is 3.17. The van der Waals surface area contributed by atoms with Crippen LogP contribution >= 0.6 is 0 Å². The number of carbonyl (C=O) groups excluding carboxylic acids is 1. The van der Waals surface area contributed by atoms with Gasteiger partial charge in [0.2, 0.25) is 0 Å². The fourth-order valence-corrected chi connectivity index (χ4v) is 1.13. The van der Waals surface area contributed by atoms with Gasteiger partial charge in [-0.25, -0.2) is 4.39 Å². The zero-order valence-corrected chi connectivity index (χ0v) is 8.31. The summed E-state index contributed by atoms with van der Waals surface area (Å²) < 4.78 is 13.0. The molecule has 16 heavy (non-hydrogen) atoms. The first-order valence-corrected chi connectivity index (χ1v) is 4.34. The van der Waals surface area contributed by atoms with E-state index in [4.69, 9.17) is 5.26 Å². The first-order chi connectivity index (χ1) is 7.45. The fraction of sp³-hybridized carbons (Fsp3) is 0.200. The summed E-state index contributed by atoms with van der Waals surface area (Å²) in [6, 6.07) is 4.24. The van der Waals surface area contributed by atoms with Crippen LogP contribution in [0.5, 0.6) is 0 Å². The van der Waals surface area contributed by atoms with E-state index < -0.39 is 28.1 Å². The maximum atomic E-state index is 13.0. The van der Waals surface area contributed by atoms with Gasteiger partial charge < -0.3 is 0 Å². The Bertz CT molecular complexity index is 493. The van der Waals surface area contributed by atoms with E-state index in [9.17, 15) is 19.3 Å². The van der Waals surface area contributed by atoms with Crippen molar-refractivity contribution < 1.29 is 14.1 Å². The summed E-state index contributed by atoms with van der Waals surface area (Å²) in [6.45, 7) is 1.35. The van der Waals surface area contributed by atoms with Gasteiger partial charge in [-0.2, -0.15) is 5.26 Å². The number of nitro groups is 1. The Hall–Kier alpha value is -2.29. The normalized spacial score (nSPS) is 11.6. The molecule has 1 aromatic carbocycles. The molecule has 0 saturated carbocycles. The summed E-state index contributed by atoms with van der Waals surface area (Å²) in [5.74, 6) is -2.46. The van der Waals surface area contributed by atoms with Gasteiger partial charge >= 0.3 is 0 Å². The van der Waals surface area contributed by atoms with Crippen molar-refractivity contribution in [2.75, 3.05) is 0 Å². The van der Waals surface area contributed by atoms with E-state index in [2.05, 4.69) is 0 Å². The summed E-state index contributed by atoms with van der Waals surface area (Å²) in [5, 5.41) is 18.9. The molecule has 0 aliphatic heterocycles. The van der Waals surface area contributed by atoms with Crippen LogP contribution in [0.1, 0.15) is 17.3 Å². The summed E-state index contributed by atoms with van der Waals surface area (Å²) in [5.41, 5.74) is -0.672. The number of hydrogen-bond donors (Lipinski definition) is 0. The molecular formula is C10H7FN2O3. The van der Waals surface area contributed by atoms with E-state index in [1.54, 1.807) is 6.07 Å². The molecule has 0 aliphatic carbocycles. The van der Waals surface area contributed by atoms with Gasteiger partial charge in [-0.1, -0.05) is 0 Å². The lowest BCUT2D eigenvalue weighted by molar-refractivity contribution is -0.385. The van der Waals surface area contributed by atoms with Gasteiger partial charge in [-0.05, 0) is 13.0 Å². The second kappa shape index (κ2) is 4.49. The van der Waals surface area contributed by atoms with Crippen LogP contribution in [0.15, 0.2) is 18.2 Å². The minimum Gasteiger partial charge on any atom is -0.293 e. The number of benzene rings is 1. The SMILES string of the molecule is CC(C#N)C(=O)c1cc(F)cc([N+](=O)[O-])c1. The largest absolute Gasteiger partial charge is 0.293 e. The third kappa shape index (κ3) is 2.39. The van der Waals surface area contributed by atoms with E-state index in [-0.39, 0.29) is 5.56 Å².